The van der Waals surface area contributed by atoms with Crippen LogP contribution in [0.5, 0.6) is 0 Å². The first-order valence-corrected chi connectivity index (χ1v) is 5.84. The van der Waals surface area contributed by atoms with Crippen LogP contribution in [0.15, 0.2) is 17.2 Å². The molecular formula is C11H14N4O2. The van der Waals surface area contributed by atoms with Gasteiger partial charge in [0.1, 0.15) is 0 Å². The molecule has 2 fully saturated rings. The Bertz CT molecular complexity index is 498. The maximum absolute atomic E-state index is 11.6. The second-order valence-corrected chi connectivity index (χ2v) is 4.47. The summed E-state index contributed by atoms with van der Waals surface area (Å²) in [5.74, 6) is 0.705. The third-order valence-corrected chi connectivity index (χ3v) is 3.48. The number of nitrogens with one attached hydrogen (secondary N) is 1. The molecular weight excluding hydrogens is 220 g/mol. The highest BCUT2D eigenvalue weighted by Crippen LogP contribution is 2.23. The van der Waals surface area contributed by atoms with Crippen molar-refractivity contribution < 1.29 is 4.79 Å². The number of carbonyl (C=O) groups is 1. The van der Waals surface area contributed by atoms with E-state index in [1.807, 2.05) is 9.80 Å². The van der Waals surface area contributed by atoms with Gasteiger partial charge in [-0.3, -0.25) is 9.59 Å². The third kappa shape index (κ3) is 1.69. The van der Waals surface area contributed by atoms with Gasteiger partial charge in [-0.05, 0) is 6.42 Å². The number of amides is 1. The molecule has 3 rings (SSSR count). The van der Waals surface area contributed by atoms with Crippen LogP contribution >= 0.6 is 0 Å². The summed E-state index contributed by atoms with van der Waals surface area (Å²) in [5.41, 5.74) is -0.162. The second-order valence-electron chi connectivity index (χ2n) is 4.47. The standard InChI is InChI=1S/C11H14N4O2/c16-9-2-1-8-7-14(5-6-15(8)9)10-11(17)13-4-3-12-10/h3-4,8H,1-2,5-7H2,(H,13,17). The molecule has 1 atom stereocenters. The molecule has 0 radical (unpaired) electrons. The number of fused-ring (bicyclic) bond motifs is 1. The maximum atomic E-state index is 11.6. The highest BCUT2D eigenvalue weighted by atomic mass is 16.2. The van der Waals surface area contributed by atoms with Gasteiger partial charge in [0.25, 0.3) is 5.56 Å². The van der Waals surface area contributed by atoms with E-state index in [1.165, 1.54) is 6.20 Å². The summed E-state index contributed by atoms with van der Waals surface area (Å²) in [6, 6.07) is 0.248. The summed E-state index contributed by atoms with van der Waals surface area (Å²) in [5, 5.41) is 0. The smallest absolute Gasteiger partial charge is 0.290 e. The van der Waals surface area contributed by atoms with Crippen LogP contribution in [0.2, 0.25) is 0 Å². The molecule has 2 saturated heterocycles. The van der Waals surface area contributed by atoms with E-state index in [2.05, 4.69) is 9.97 Å². The van der Waals surface area contributed by atoms with Crippen molar-refractivity contribution >= 4 is 11.7 Å². The van der Waals surface area contributed by atoms with E-state index < -0.39 is 0 Å². The number of aromatic amines is 1. The lowest BCUT2D eigenvalue weighted by Crippen LogP contribution is -2.52. The highest BCUT2D eigenvalue weighted by Gasteiger charge is 2.36. The monoisotopic (exact) mass is 234 g/mol. The maximum Gasteiger partial charge on any atom is 0.290 e. The largest absolute Gasteiger partial charge is 0.348 e. The lowest BCUT2D eigenvalue weighted by Gasteiger charge is -2.37. The van der Waals surface area contributed by atoms with Gasteiger partial charge in [0.05, 0.1) is 0 Å². The fraction of sp³-hybridized carbons (Fsp3) is 0.545. The molecule has 1 N–H and O–H groups in total. The van der Waals surface area contributed by atoms with Gasteiger partial charge in [-0.15, -0.1) is 0 Å². The van der Waals surface area contributed by atoms with Crippen molar-refractivity contribution in [1.29, 1.82) is 0 Å². The van der Waals surface area contributed by atoms with Gasteiger partial charge in [0.15, 0.2) is 5.82 Å². The Morgan fingerprint density at radius 3 is 3.06 bits per heavy atom. The van der Waals surface area contributed by atoms with Crippen molar-refractivity contribution in [3.8, 4) is 0 Å². The zero-order chi connectivity index (χ0) is 11.8. The van der Waals surface area contributed by atoms with Crippen LogP contribution in [-0.4, -0.2) is 46.5 Å². The molecule has 17 heavy (non-hydrogen) atoms. The SMILES string of the molecule is O=C1CCC2CN(c3ncc[nH]c3=O)CCN12. The Morgan fingerprint density at radius 1 is 1.35 bits per heavy atom. The minimum absolute atomic E-state index is 0.162. The molecule has 2 aliphatic rings. The molecule has 0 aliphatic carbocycles. The Morgan fingerprint density at radius 2 is 2.24 bits per heavy atom. The molecule has 1 aromatic heterocycles. The van der Waals surface area contributed by atoms with Gasteiger partial charge in [0, 0.05) is 44.5 Å². The number of aromatic nitrogens is 2. The van der Waals surface area contributed by atoms with Crippen molar-refractivity contribution in [1.82, 2.24) is 14.9 Å². The van der Waals surface area contributed by atoms with Crippen molar-refractivity contribution in [2.24, 2.45) is 0 Å². The van der Waals surface area contributed by atoms with Crippen LogP contribution in [0.25, 0.3) is 0 Å². The van der Waals surface area contributed by atoms with E-state index in [0.717, 1.165) is 6.42 Å². The molecule has 0 bridgehead atoms. The molecule has 1 unspecified atom stereocenters. The van der Waals surface area contributed by atoms with E-state index >= 15 is 0 Å². The Kier molecular flexibility index (Phi) is 2.35. The third-order valence-electron chi connectivity index (χ3n) is 3.48. The van der Waals surface area contributed by atoms with Crippen molar-refractivity contribution in [2.75, 3.05) is 24.5 Å². The second kappa shape index (κ2) is 3.87. The zero-order valence-corrected chi connectivity index (χ0v) is 9.43. The van der Waals surface area contributed by atoms with Crippen LogP contribution in [0.1, 0.15) is 12.8 Å². The minimum Gasteiger partial charge on any atom is -0.348 e. The van der Waals surface area contributed by atoms with E-state index in [0.29, 0.717) is 31.9 Å². The summed E-state index contributed by atoms with van der Waals surface area (Å²) in [4.78, 5) is 33.8. The number of piperazine rings is 1. The topological polar surface area (TPSA) is 69.3 Å². The summed E-state index contributed by atoms with van der Waals surface area (Å²) >= 11 is 0. The van der Waals surface area contributed by atoms with Gasteiger partial charge in [0.2, 0.25) is 5.91 Å². The number of rotatable bonds is 1. The van der Waals surface area contributed by atoms with Gasteiger partial charge < -0.3 is 14.8 Å². The van der Waals surface area contributed by atoms with Crippen molar-refractivity contribution in [3.05, 3.63) is 22.7 Å². The van der Waals surface area contributed by atoms with Crippen molar-refractivity contribution in [3.63, 3.8) is 0 Å². The Hall–Kier alpha value is -1.85. The van der Waals surface area contributed by atoms with E-state index in [4.69, 9.17) is 0 Å². The Labute approximate surface area is 98.3 Å². The minimum atomic E-state index is -0.162. The lowest BCUT2D eigenvalue weighted by atomic mass is 10.1. The van der Waals surface area contributed by atoms with Gasteiger partial charge in [-0.1, -0.05) is 0 Å². The number of anilines is 1. The number of hydrogen-bond acceptors (Lipinski definition) is 4. The van der Waals surface area contributed by atoms with Gasteiger partial charge >= 0.3 is 0 Å². The molecule has 1 amide bonds. The fourth-order valence-electron chi connectivity index (χ4n) is 2.63. The van der Waals surface area contributed by atoms with E-state index in [-0.39, 0.29) is 17.5 Å². The molecule has 6 nitrogen and oxygen atoms in total. The van der Waals surface area contributed by atoms with E-state index in [1.54, 1.807) is 6.20 Å². The van der Waals surface area contributed by atoms with Crippen LogP contribution < -0.4 is 10.5 Å². The molecule has 3 heterocycles. The summed E-state index contributed by atoms with van der Waals surface area (Å²) in [6.07, 6.45) is 4.64. The predicted molar refractivity (Wildman–Crippen MR) is 61.8 cm³/mol. The zero-order valence-electron chi connectivity index (χ0n) is 9.43. The van der Waals surface area contributed by atoms with Crippen LogP contribution in [0.4, 0.5) is 5.82 Å². The number of nitrogens with zero attached hydrogens (tertiary/aromatic N) is 3. The lowest BCUT2D eigenvalue weighted by molar-refractivity contribution is -0.129. The molecule has 0 spiro atoms. The molecule has 2 aliphatic heterocycles. The number of hydrogen-bond donors (Lipinski definition) is 1. The van der Waals surface area contributed by atoms with E-state index in [9.17, 15) is 9.59 Å². The first-order valence-electron chi connectivity index (χ1n) is 5.84. The molecule has 0 aromatic carbocycles. The summed E-state index contributed by atoms with van der Waals surface area (Å²) in [6.45, 7) is 2.09. The average molecular weight is 234 g/mol. The quantitative estimate of drug-likeness (QED) is 0.716. The first kappa shape index (κ1) is 10.3. The molecule has 6 heteroatoms. The van der Waals surface area contributed by atoms with Gasteiger partial charge in [-0.2, -0.15) is 0 Å². The predicted octanol–water partition coefficient (Wildman–Crippen LogP) is -0.419. The average Bonchev–Trinajstić information content (AvgIpc) is 2.71. The van der Waals surface area contributed by atoms with Crippen LogP contribution in [0, 0.1) is 0 Å². The molecule has 0 saturated carbocycles. The summed E-state index contributed by atoms with van der Waals surface area (Å²) in [7, 11) is 0. The number of H-pyrrole nitrogens is 1. The first-order chi connectivity index (χ1) is 8.25. The highest BCUT2D eigenvalue weighted by molar-refractivity contribution is 5.79. The van der Waals surface area contributed by atoms with Crippen LogP contribution in [0.3, 0.4) is 0 Å². The Balaban J connectivity index is 1.82. The van der Waals surface area contributed by atoms with Crippen LogP contribution in [-0.2, 0) is 4.79 Å². The van der Waals surface area contributed by atoms with Gasteiger partial charge in [-0.25, -0.2) is 4.98 Å². The molecule has 90 valence electrons. The fourth-order valence-corrected chi connectivity index (χ4v) is 2.63. The molecule has 1 aromatic rings. The van der Waals surface area contributed by atoms with Crippen molar-refractivity contribution in [2.45, 2.75) is 18.9 Å². The normalized spacial score (nSPS) is 24.0. The number of carbonyl (C=O) groups excluding carboxylic acids is 1. The summed E-state index contributed by atoms with van der Waals surface area (Å²) < 4.78 is 0.